The van der Waals surface area contributed by atoms with E-state index in [1.54, 1.807) is 0 Å². The second-order valence-corrected chi connectivity index (χ2v) is 5.10. The molecular formula is C7H15NO3S. The van der Waals surface area contributed by atoms with E-state index in [4.69, 9.17) is 4.74 Å². The maximum Gasteiger partial charge on any atom is 0.216 e. The molecule has 5 heteroatoms. The third-order valence-electron chi connectivity index (χ3n) is 2.35. The standard InChI is InChI=1S/C7H15NO3S/c1-3-6-4-11-5-7(6)12(9,10)8-2/h6-8H,3-5H2,1-2H3. The van der Waals surface area contributed by atoms with Crippen LogP contribution in [0.1, 0.15) is 13.3 Å². The molecule has 0 spiro atoms. The Balaban J connectivity index is 2.74. The molecule has 4 nitrogen and oxygen atoms in total. The number of rotatable bonds is 3. The van der Waals surface area contributed by atoms with Crippen molar-refractivity contribution in [3.05, 3.63) is 0 Å². The molecule has 0 radical (unpaired) electrons. The minimum Gasteiger partial charge on any atom is -0.380 e. The number of hydrogen-bond donors (Lipinski definition) is 1. The van der Waals surface area contributed by atoms with E-state index in [9.17, 15) is 8.42 Å². The highest BCUT2D eigenvalue weighted by molar-refractivity contribution is 7.90. The molecule has 2 atom stereocenters. The summed E-state index contributed by atoms with van der Waals surface area (Å²) in [5, 5.41) is -0.354. The van der Waals surface area contributed by atoms with E-state index in [0.717, 1.165) is 6.42 Å². The highest BCUT2D eigenvalue weighted by atomic mass is 32.2. The molecule has 0 saturated carbocycles. The fourth-order valence-electron chi connectivity index (χ4n) is 1.45. The fraction of sp³-hybridized carbons (Fsp3) is 1.00. The predicted molar refractivity (Wildman–Crippen MR) is 46.4 cm³/mol. The van der Waals surface area contributed by atoms with Gasteiger partial charge < -0.3 is 4.74 Å². The Morgan fingerprint density at radius 2 is 2.17 bits per heavy atom. The number of ether oxygens (including phenoxy) is 1. The Hall–Kier alpha value is -0.130. The van der Waals surface area contributed by atoms with Crippen LogP contribution < -0.4 is 4.72 Å². The number of nitrogens with one attached hydrogen (secondary N) is 1. The van der Waals surface area contributed by atoms with Crippen molar-refractivity contribution in [2.24, 2.45) is 5.92 Å². The van der Waals surface area contributed by atoms with Crippen LogP contribution in [-0.4, -0.2) is 33.9 Å². The molecule has 2 unspecified atom stereocenters. The zero-order chi connectivity index (χ0) is 9.19. The van der Waals surface area contributed by atoms with Gasteiger partial charge in [-0.1, -0.05) is 6.92 Å². The van der Waals surface area contributed by atoms with Gasteiger partial charge in [0.15, 0.2) is 0 Å². The first-order chi connectivity index (χ1) is 5.61. The first-order valence-electron chi connectivity index (χ1n) is 4.12. The van der Waals surface area contributed by atoms with Crippen LogP contribution in [0.2, 0.25) is 0 Å². The summed E-state index contributed by atoms with van der Waals surface area (Å²) in [5.74, 6) is 0.155. The molecule has 1 rings (SSSR count). The largest absolute Gasteiger partial charge is 0.380 e. The van der Waals surface area contributed by atoms with Crippen molar-refractivity contribution >= 4 is 10.0 Å². The average Bonchev–Trinajstić information content (AvgIpc) is 2.52. The zero-order valence-corrected chi connectivity index (χ0v) is 8.23. The van der Waals surface area contributed by atoms with E-state index in [1.165, 1.54) is 7.05 Å². The quantitative estimate of drug-likeness (QED) is 0.684. The minimum absolute atomic E-state index is 0.155. The van der Waals surface area contributed by atoms with Gasteiger partial charge in [-0.25, -0.2) is 13.1 Å². The Morgan fingerprint density at radius 3 is 2.67 bits per heavy atom. The lowest BCUT2D eigenvalue weighted by atomic mass is 10.1. The van der Waals surface area contributed by atoms with Crippen molar-refractivity contribution in [2.45, 2.75) is 18.6 Å². The van der Waals surface area contributed by atoms with Gasteiger partial charge in [-0.3, -0.25) is 0 Å². The molecule has 0 amide bonds. The van der Waals surface area contributed by atoms with Crippen molar-refractivity contribution in [1.29, 1.82) is 0 Å². The molecule has 1 saturated heterocycles. The lowest BCUT2D eigenvalue weighted by Crippen LogP contribution is -2.36. The molecular weight excluding hydrogens is 178 g/mol. The van der Waals surface area contributed by atoms with Gasteiger partial charge in [-0.2, -0.15) is 0 Å². The van der Waals surface area contributed by atoms with Crippen LogP contribution in [-0.2, 0) is 14.8 Å². The summed E-state index contributed by atoms with van der Waals surface area (Å²) in [6.07, 6.45) is 0.853. The second-order valence-electron chi connectivity index (χ2n) is 2.99. The summed E-state index contributed by atoms with van der Waals surface area (Å²) in [6, 6.07) is 0. The second kappa shape index (κ2) is 3.72. The van der Waals surface area contributed by atoms with Crippen LogP contribution in [0.5, 0.6) is 0 Å². The van der Waals surface area contributed by atoms with E-state index < -0.39 is 10.0 Å². The van der Waals surface area contributed by atoms with Crippen LogP contribution in [0, 0.1) is 5.92 Å². The van der Waals surface area contributed by atoms with Crippen molar-refractivity contribution in [3.63, 3.8) is 0 Å². The van der Waals surface area contributed by atoms with Crippen molar-refractivity contribution < 1.29 is 13.2 Å². The predicted octanol–water partition coefficient (Wildman–Crippen LogP) is -0.0394. The molecule has 0 aliphatic carbocycles. The summed E-state index contributed by atoms with van der Waals surface area (Å²) >= 11 is 0. The molecule has 72 valence electrons. The molecule has 12 heavy (non-hydrogen) atoms. The van der Waals surface area contributed by atoms with Gasteiger partial charge >= 0.3 is 0 Å². The molecule has 0 bridgehead atoms. The third kappa shape index (κ3) is 1.78. The topological polar surface area (TPSA) is 55.4 Å². The highest BCUT2D eigenvalue weighted by Gasteiger charge is 2.36. The number of sulfonamides is 1. The van der Waals surface area contributed by atoms with E-state index in [0.29, 0.717) is 13.2 Å². The molecule has 1 N–H and O–H groups in total. The van der Waals surface area contributed by atoms with Crippen LogP contribution >= 0.6 is 0 Å². The van der Waals surface area contributed by atoms with Crippen molar-refractivity contribution in [2.75, 3.05) is 20.3 Å². The van der Waals surface area contributed by atoms with Gasteiger partial charge in [0.05, 0.1) is 13.2 Å². The first kappa shape index (κ1) is 9.95. The third-order valence-corrected chi connectivity index (χ3v) is 4.23. The van der Waals surface area contributed by atoms with Gasteiger partial charge in [-0.15, -0.1) is 0 Å². The van der Waals surface area contributed by atoms with Crippen LogP contribution in [0.3, 0.4) is 0 Å². The van der Waals surface area contributed by atoms with Crippen LogP contribution in [0.25, 0.3) is 0 Å². The molecule has 0 aromatic heterocycles. The monoisotopic (exact) mass is 193 g/mol. The van der Waals surface area contributed by atoms with E-state index in [1.807, 2.05) is 6.92 Å². The van der Waals surface area contributed by atoms with Gasteiger partial charge in [0.25, 0.3) is 0 Å². The lowest BCUT2D eigenvalue weighted by Gasteiger charge is -2.14. The van der Waals surface area contributed by atoms with E-state index in [-0.39, 0.29) is 11.2 Å². The van der Waals surface area contributed by atoms with E-state index >= 15 is 0 Å². The Kier molecular flexibility index (Phi) is 3.09. The number of hydrogen-bond acceptors (Lipinski definition) is 3. The first-order valence-corrected chi connectivity index (χ1v) is 5.66. The summed E-state index contributed by atoms with van der Waals surface area (Å²) in [4.78, 5) is 0. The Morgan fingerprint density at radius 1 is 1.50 bits per heavy atom. The Labute approximate surface area is 73.3 Å². The molecule has 1 heterocycles. The van der Waals surface area contributed by atoms with Crippen molar-refractivity contribution in [3.8, 4) is 0 Å². The summed E-state index contributed by atoms with van der Waals surface area (Å²) in [5.41, 5.74) is 0. The summed E-state index contributed by atoms with van der Waals surface area (Å²) in [7, 11) is -1.69. The maximum absolute atomic E-state index is 11.4. The van der Waals surface area contributed by atoms with E-state index in [2.05, 4.69) is 4.72 Å². The SMILES string of the molecule is CCC1COCC1S(=O)(=O)NC. The highest BCUT2D eigenvalue weighted by Crippen LogP contribution is 2.22. The van der Waals surface area contributed by atoms with Crippen LogP contribution in [0.4, 0.5) is 0 Å². The maximum atomic E-state index is 11.4. The lowest BCUT2D eigenvalue weighted by molar-refractivity contribution is 0.185. The molecule has 1 aliphatic rings. The van der Waals surface area contributed by atoms with Gasteiger partial charge in [0.1, 0.15) is 5.25 Å². The zero-order valence-electron chi connectivity index (χ0n) is 7.41. The minimum atomic E-state index is -3.13. The van der Waals surface area contributed by atoms with Gasteiger partial charge in [0.2, 0.25) is 10.0 Å². The average molecular weight is 193 g/mol. The molecule has 0 aromatic rings. The van der Waals surface area contributed by atoms with Gasteiger partial charge in [-0.05, 0) is 13.5 Å². The normalized spacial score (nSPS) is 30.8. The molecule has 1 fully saturated rings. The molecule has 0 aromatic carbocycles. The smallest absolute Gasteiger partial charge is 0.216 e. The van der Waals surface area contributed by atoms with Gasteiger partial charge in [0, 0.05) is 5.92 Å². The fourth-order valence-corrected chi connectivity index (χ4v) is 2.81. The summed E-state index contributed by atoms with van der Waals surface area (Å²) in [6.45, 7) is 2.89. The van der Waals surface area contributed by atoms with Crippen LogP contribution in [0.15, 0.2) is 0 Å². The van der Waals surface area contributed by atoms with Crippen molar-refractivity contribution in [1.82, 2.24) is 4.72 Å². The summed E-state index contributed by atoms with van der Waals surface area (Å²) < 4.78 is 30.2. The Bertz CT molecular complexity index is 237. The molecule has 1 aliphatic heterocycles.